The van der Waals surface area contributed by atoms with E-state index in [0.29, 0.717) is 5.02 Å². The van der Waals surface area contributed by atoms with Crippen LogP contribution >= 0.6 is 36.4 Å². The van der Waals surface area contributed by atoms with Gasteiger partial charge in [-0.25, -0.2) is 0 Å². The van der Waals surface area contributed by atoms with Crippen LogP contribution in [0.15, 0.2) is 65.6 Å². The number of pyridine rings is 1. The molecule has 0 saturated heterocycles. The van der Waals surface area contributed by atoms with E-state index >= 15 is 0 Å². The minimum atomic E-state index is -0.0487. The van der Waals surface area contributed by atoms with E-state index in [1.54, 1.807) is 10.6 Å². The predicted molar refractivity (Wildman–Crippen MR) is 129 cm³/mol. The molecular weight excluding hydrogens is 441 g/mol. The van der Waals surface area contributed by atoms with Crippen molar-refractivity contribution in [2.75, 3.05) is 6.54 Å². The van der Waals surface area contributed by atoms with Gasteiger partial charge >= 0.3 is 0 Å². The molecule has 2 aromatic heterocycles. The zero-order valence-corrected chi connectivity index (χ0v) is 18.8. The molecular formula is C23H22Cl3N3O. The Kier molecular flexibility index (Phi) is 6.63. The number of rotatable bonds is 2. The number of aromatic nitrogens is 2. The summed E-state index contributed by atoms with van der Waals surface area (Å²) >= 11 is 5.96. The average Bonchev–Trinajstić information content (AvgIpc) is 3.01. The molecule has 0 amide bonds. The van der Waals surface area contributed by atoms with E-state index in [9.17, 15) is 4.79 Å². The van der Waals surface area contributed by atoms with E-state index in [1.807, 2.05) is 42.6 Å². The molecule has 30 heavy (non-hydrogen) atoms. The summed E-state index contributed by atoms with van der Waals surface area (Å²) in [6, 6.07) is 17.4. The lowest BCUT2D eigenvalue weighted by Gasteiger charge is -2.14. The fraction of sp³-hybridized carbons (Fsp3) is 0.174. The molecule has 5 rings (SSSR count). The molecule has 3 heterocycles. The second-order valence-corrected chi connectivity index (χ2v) is 7.68. The molecule has 1 N–H and O–H groups in total. The van der Waals surface area contributed by atoms with Gasteiger partial charge < -0.3 is 9.88 Å². The van der Waals surface area contributed by atoms with Crippen molar-refractivity contribution in [1.82, 2.24) is 14.5 Å². The first kappa shape index (κ1) is 22.4. The average molecular weight is 463 g/mol. The largest absolute Gasteiger partial charge is 0.347 e. The molecule has 0 radical (unpaired) electrons. The van der Waals surface area contributed by atoms with E-state index in [0.717, 1.165) is 36.3 Å². The fourth-order valence-electron chi connectivity index (χ4n) is 4.16. The minimum Gasteiger partial charge on any atom is -0.347 e. The van der Waals surface area contributed by atoms with E-state index in [1.165, 1.54) is 22.2 Å². The molecule has 7 heteroatoms. The minimum absolute atomic E-state index is 0. The van der Waals surface area contributed by atoms with Gasteiger partial charge in [-0.2, -0.15) is 0 Å². The van der Waals surface area contributed by atoms with Gasteiger partial charge in [0.15, 0.2) is 0 Å². The number of halogens is 3. The first-order chi connectivity index (χ1) is 13.6. The molecule has 0 unspecified atom stereocenters. The highest BCUT2D eigenvalue weighted by molar-refractivity contribution is 6.30. The van der Waals surface area contributed by atoms with Gasteiger partial charge in [-0.15, -0.1) is 24.8 Å². The number of nitrogens with one attached hydrogen (secondary N) is 1. The van der Waals surface area contributed by atoms with Crippen molar-refractivity contribution < 1.29 is 0 Å². The van der Waals surface area contributed by atoms with E-state index in [4.69, 9.17) is 11.6 Å². The van der Waals surface area contributed by atoms with Crippen LogP contribution in [-0.2, 0) is 20.0 Å². The molecule has 4 nitrogen and oxygen atoms in total. The molecule has 2 aromatic carbocycles. The van der Waals surface area contributed by atoms with E-state index in [2.05, 4.69) is 29.1 Å². The van der Waals surface area contributed by atoms with Gasteiger partial charge in [0, 0.05) is 54.9 Å². The first-order valence-electron chi connectivity index (χ1n) is 9.42. The molecule has 0 atom stereocenters. The number of nitrogens with zero attached hydrogens (tertiary/aromatic N) is 2. The van der Waals surface area contributed by atoms with E-state index in [-0.39, 0.29) is 30.4 Å². The maximum atomic E-state index is 12.8. The Balaban J connectivity index is 0.00000128. The Hall–Kier alpha value is -2.24. The van der Waals surface area contributed by atoms with Crippen LogP contribution in [-0.4, -0.2) is 15.7 Å². The third-order valence-corrected chi connectivity index (χ3v) is 5.89. The predicted octanol–water partition coefficient (Wildman–Crippen LogP) is 5.14. The lowest BCUT2D eigenvalue weighted by Crippen LogP contribution is -2.24. The molecule has 0 saturated carbocycles. The molecule has 0 fully saturated rings. The Morgan fingerprint density at radius 2 is 1.73 bits per heavy atom. The molecule has 1 aliphatic heterocycles. The number of benzene rings is 2. The molecule has 0 bridgehead atoms. The summed E-state index contributed by atoms with van der Waals surface area (Å²) in [6.45, 7) is 1.91. The normalized spacial score (nSPS) is 12.7. The van der Waals surface area contributed by atoms with Gasteiger partial charge in [0.2, 0.25) is 0 Å². The van der Waals surface area contributed by atoms with Crippen LogP contribution < -0.4 is 10.9 Å². The Morgan fingerprint density at radius 3 is 2.47 bits per heavy atom. The van der Waals surface area contributed by atoms with Crippen LogP contribution in [0.3, 0.4) is 0 Å². The third kappa shape index (κ3) is 3.77. The summed E-state index contributed by atoms with van der Waals surface area (Å²) in [5.74, 6) is 0. The van der Waals surface area contributed by atoms with Crippen LogP contribution in [0.2, 0.25) is 5.02 Å². The smallest absolute Gasteiger partial charge is 0.255 e. The number of aryl methyl sites for hydroxylation is 1. The summed E-state index contributed by atoms with van der Waals surface area (Å²) in [4.78, 5) is 12.8. The van der Waals surface area contributed by atoms with Crippen molar-refractivity contribution in [1.29, 1.82) is 0 Å². The molecule has 156 valence electrons. The van der Waals surface area contributed by atoms with Crippen molar-refractivity contribution in [3.8, 4) is 16.8 Å². The first-order valence-corrected chi connectivity index (χ1v) is 9.79. The quantitative estimate of drug-likeness (QED) is 0.448. The Labute approximate surface area is 192 Å². The van der Waals surface area contributed by atoms with Crippen LogP contribution in [0.25, 0.3) is 27.7 Å². The van der Waals surface area contributed by atoms with Gasteiger partial charge in [0.05, 0.1) is 11.2 Å². The second kappa shape index (κ2) is 8.86. The van der Waals surface area contributed by atoms with Crippen molar-refractivity contribution >= 4 is 47.3 Å². The van der Waals surface area contributed by atoms with Gasteiger partial charge in [0.1, 0.15) is 0 Å². The van der Waals surface area contributed by atoms with Crippen LogP contribution in [0.4, 0.5) is 0 Å². The lowest BCUT2D eigenvalue weighted by molar-refractivity contribution is 0.622. The zero-order chi connectivity index (χ0) is 19.3. The van der Waals surface area contributed by atoms with E-state index < -0.39 is 0 Å². The fourth-order valence-corrected chi connectivity index (χ4v) is 4.28. The highest BCUT2D eigenvalue weighted by Gasteiger charge is 2.18. The summed E-state index contributed by atoms with van der Waals surface area (Å²) in [7, 11) is 2.11. The summed E-state index contributed by atoms with van der Waals surface area (Å²) in [5.41, 5.74) is 6.63. The standard InChI is InChI=1S/C23H20ClN3O.2ClH/c1-26-21-8-10-25-14-20(21)19-7-6-18(13-22(19)26)27-11-9-16(12-23(27)28)15-2-4-17(24)5-3-15;;/h2-7,9,11-13,25H,8,10,14H2,1H3;2*1H. The summed E-state index contributed by atoms with van der Waals surface area (Å²) in [6.07, 6.45) is 2.88. The van der Waals surface area contributed by atoms with Gasteiger partial charge in [-0.05, 0) is 47.0 Å². The second-order valence-electron chi connectivity index (χ2n) is 7.24. The van der Waals surface area contributed by atoms with Gasteiger partial charge in [-0.3, -0.25) is 9.36 Å². The van der Waals surface area contributed by atoms with Crippen molar-refractivity contribution in [3.63, 3.8) is 0 Å². The van der Waals surface area contributed by atoms with Crippen LogP contribution in [0.5, 0.6) is 0 Å². The van der Waals surface area contributed by atoms with Gasteiger partial charge in [0.25, 0.3) is 5.56 Å². The molecule has 0 aliphatic carbocycles. The Bertz CT molecular complexity index is 1260. The van der Waals surface area contributed by atoms with Crippen LogP contribution in [0.1, 0.15) is 11.3 Å². The van der Waals surface area contributed by atoms with Crippen molar-refractivity contribution in [2.45, 2.75) is 13.0 Å². The highest BCUT2D eigenvalue weighted by atomic mass is 35.5. The zero-order valence-electron chi connectivity index (χ0n) is 16.4. The maximum absolute atomic E-state index is 12.8. The molecule has 4 aromatic rings. The number of hydrogen-bond donors (Lipinski definition) is 1. The number of hydrogen-bond acceptors (Lipinski definition) is 2. The van der Waals surface area contributed by atoms with Crippen molar-refractivity contribution in [2.24, 2.45) is 7.05 Å². The highest BCUT2D eigenvalue weighted by Crippen LogP contribution is 2.29. The third-order valence-electron chi connectivity index (χ3n) is 5.64. The summed E-state index contributed by atoms with van der Waals surface area (Å²) < 4.78 is 3.96. The topological polar surface area (TPSA) is 39.0 Å². The monoisotopic (exact) mass is 461 g/mol. The number of fused-ring (bicyclic) bond motifs is 3. The molecule has 1 aliphatic rings. The SMILES string of the molecule is Cl.Cl.Cn1c2c(c3ccc(-n4ccc(-c5ccc(Cl)cc5)cc4=O)cc31)CNCC2. The van der Waals surface area contributed by atoms with Crippen LogP contribution in [0, 0.1) is 0 Å². The lowest BCUT2D eigenvalue weighted by atomic mass is 10.1. The summed E-state index contributed by atoms with van der Waals surface area (Å²) in [5, 5.41) is 5.40. The van der Waals surface area contributed by atoms with Gasteiger partial charge in [-0.1, -0.05) is 29.8 Å². The Morgan fingerprint density at radius 1 is 0.967 bits per heavy atom. The molecule has 0 spiro atoms. The maximum Gasteiger partial charge on any atom is 0.255 e. The van der Waals surface area contributed by atoms with Crippen molar-refractivity contribution in [3.05, 3.63) is 87.4 Å².